The molecular formula is C20H18N2O2S. The third kappa shape index (κ3) is 2.94. The molecule has 1 aliphatic rings. The summed E-state index contributed by atoms with van der Waals surface area (Å²) in [5.41, 5.74) is 2.90. The number of fused-ring (bicyclic) bond motifs is 2. The van der Waals surface area contributed by atoms with E-state index in [9.17, 15) is 0 Å². The highest BCUT2D eigenvalue weighted by Crippen LogP contribution is 2.31. The molecule has 0 aliphatic carbocycles. The molecule has 25 heavy (non-hydrogen) atoms. The zero-order chi connectivity index (χ0) is 16.6. The first-order valence-electron chi connectivity index (χ1n) is 8.67. The third-order valence-electron chi connectivity index (χ3n) is 4.91. The van der Waals surface area contributed by atoms with Gasteiger partial charge in [0.2, 0.25) is 0 Å². The van der Waals surface area contributed by atoms with Crippen LogP contribution < -0.4 is 0 Å². The predicted molar refractivity (Wildman–Crippen MR) is 99.9 cm³/mol. The normalized spacial score (nSPS) is 16.0. The minimum atomic E-state index is 0.747. The smallest absolute Gasteiger partial charge is 0.166 e. The molecule has 126 valence electrons. The largest absolute Gasteiger partial charge is 0.381 e. The lowest BCUT2D eigenvalue weighted by molar-refractivity contribution is 0.0667. The molecule has 0 saturated carbocycles. The van der Waals surface area contributed by atoms with Gasteiger partial charge in [-0.3, -0.25) is 0 Å². The highest BCUT2D eigenvalue weighted by atomic mass is 32.1. The van der Waals surface area contributed by atoms with E-state index < -0.39 is 0 Å². The van der Waals surface area contributed by atoms with Crippen molar-refractivity contribution in [3.8, 4) is 11.3 Å². The van der Waals surface area contributed by atoms with Gasteiger partial charge < -0.3 is 9.26 Å². The number of pyridine rings is 1. The molecule has 0 spiro atoms. The summed E-state index contributed by atoms with van der Waals surface area (Å²) < 4.78 is 10.6. The SMILES string of the molecule is c1cc2oncc2cc1-c1ccc2cc(CC3CCOCC3)sc2n1. The van der Waals surface area contributed by atoms with Crippen LogP contribution in [0.4, 0.5) is 0 Å². The molecule has 4 heterocycles. The van der Waals surface area contributed by atoms with Gasteiger partial charge in [0, 0.05) is 34.4 Å². The summed E-state index contributed by atoms with van der Waals surface area (Å²) in [7, 11) is 0. The lowest BCUT2D eigenvalue weighted by Crippen LogP contribution is -2.17. The van der Waals surface area contributed by atoms with Crippen molar-refractivity contribution in [2.24, 2.45) is 5.92 Å². The van der Waals surface area contributed by atoms with E-state index in [1.807, 2.05) is 23.5 Å². The van der Waals surface area contributed by atoms with E-state index >= 15 is 0 Å². The van der Waals surface area contributed by atoms with Crippen LogP contribution in [0.5, 0.6) is 0 Å². The van der Waals surface area contributed by atoms with Crippen LogP contribution in [0.3, 0.4) is 0 Å². The van der Waals surface area contributed by atoms with E-state index in [1.165, 1.54) is 23.1 Å². The predicted octanol–water partition coefficient (Wildman–Crippen LogP) is 5.07. The van der Waals surface area contributed by atoms with Gasteiger partial charge in [-0.1, -0.05) is 5.16 Å². The summed E-state index contributed by atoms with van der Waals surface area (Å²) >= 11 is 1.82. The molecule has 0 radical (unpaired) electrons. The fraction of sp³-hybridized carbons (Fsp3) is 0.300. The van der Waals surface area contributed by atoms with Crippen molar-refractivity contribution in [2.45, 2.75) is 19.3 Å². The van der Waals surface area contributed by atoms with Gasteiger partial charge >= 0.3 is 0 Å². The molecule has 0 unspecified atom stereocenters. The summed E-state index contributed by atoms with van der Waals surface area (Å²) in [5.74, 6) is 0.747. The van der Waals surface area contributed by atoms with Gasteiger partial charge in [0.05, 0.1) is 11.9 Å². The Morgan fingerprint density at radius 3 is 2.88 bits per heavy atom. The van der Waals surface area contributed by atoms with Gasteiger partial charge in [0.25, 0.3) is 0 Å². The second kappa shape index (κ2) is 6.24. The van der Waals surface area contributed by atoms with Gasteiger partial charge in [-0.2, -0.15) is 0 Å². The lowest BCUT2D eigenvalue weighted by atomic mass is 9.96. The third-order valence-corrected chi connectivity index (χ3v) is 5.98. The average molecular weight is 350 g/mol. The topological polar surface area (TPSA) is 48.2 Å². The number of benzene rings is 1. The van der Waals surface area contributed by atoms with Crippen molar-refractivity contribution in [2.75, 3.05) is 13.2 Å². The van der Waals surface area contributed by atoms with Crippen LogP contribution >= 0.6 is 11.3 Å². The van der Waals surface area contributed by atoms with Crippen LogP contribution in [-0.4, -0.2) is 23.4 Å². The molecule has 3 aromatic heterocycles. The first-order valence-corrected chi connectivity index (χ1v) is 9.49. The minimum absolute atomic E-state index is 0.747. The molecule has 1 aromatic carbocycles. The molecule has 1 saturated heterocycles. The maximum atomic E-state index is 5.47. The second-order valence-corrected chi connectivity index (χ2v) is 7.76. The van der Waals surface area contributed by atoms with Crippen LogP contribution in [0, 0.1) is 5.92 Å². The molecule has 4 aromatic rings. The number of rotatable bonds is 3. The Hall–Kier alpha value is -2.24. The van der Waals surface area contributed by atoms with Gasteiger partial charge in [0.15, 0.2) is 5.58 Å². The molecule has 5 heteroatoms. The number of ether oxygens (including phenoxy) is 1. The molecule has 0 N–H and O–H groups in total. The summed E-state index contributed by atoms with van der Waals surface area (Å²) in [6.45, 7) is 1.81. The number of thiophene rings is 1. The molecule has 1 aliphatic heterocycles. The van der Waals surface area contributed by atoms with Crippen LogP contribution in [-0.2, 0) is 11.2 Å². The van der Waals surface area contributed by atoms with Crippen molar-refractivity contribution in [3.63, 3.8) is 0 Å². The molecule has 5 rings (SSSR count). The lowest BCUT2D eigenvalue weighted by Gasteiger charge is -2.21. The molecular weight excluding hydrogens is 332 g/mol. The second-order valence-electron chi connectivity index (χ2n) is 6.64. The van der Waals surface area contributed by atoms with Crippen molar-refractivity contribution < 1.29 is 9.26 Å². The van der Waals surface area contributed by atoms with Crippen LogP contribution in [0.2, 0.25) is 0 Å². The Kier molecular flexibility index (Phi) is 3.76. The fourth-order valence-corrected chi connectivity index (χ4v) is 4.64. The van der Waals surface area contributed by atoms with Gasteiger partial charge in [-0.15, -0.1) is 11.3 Å². The van der Waals surface area contributed by atoms with E-state index in [1.54, 1.807) is 6.20 Å². The maximum Gasteiger partial charge on any atom is 0.166 e. The fourth-order valence-electron chi connectivity index (χ4n) is 3.50. The van der Waals surface area contributed by atoms with E-state index in [0.29, 0.717) is 0 Å². The van der Waals surface area contributed by atoms with E-state index in [-0.39, 0.29) is 0 Å². The quantitative estimate of drug-likeness (QED) is 0.517. The Morgan fingerprint density at radius 1 is 1.04 bits per heavy atom. The van der Waals surface area contributed by atoms with Crippen molar-refractivity contribution in [1.29, 1.82) is 0 Å². The minimum Gasteiger partial charge on any atom is -0.381 e. The Labute approximate surface area is 149 Å². The highest BCUT2D eigenvalue weighted by molar-refractivity contribution is 7.18. The number of hydrogen-bond donors (Lipinski definition) is 0. The standard InChI is InChI=1S/C20H18N2O2S/c1-3-18(14-2-4-19-16(10-14)12-21-24-19)22-20-15(1)11-17(25-20)9-13-5-7-23-8-6-13/h1-4,10-13H,5-9H2. The van der Waals surface area contributed by atoms with Crippen molar-refractivity contribution >= 4 is 32.5 Å². The Bertz CT molecular complexity index is 1030. The zero-order valence-corrected chi connectivity index (χ0v) is 14.6. The maximum absolute atomic E-state index is 5.47. The summed E-state index contributed by atoms with van der Waals surface area (Å²) in [6, 6.07) is 12.7. The first-order chi connectivity index (χ1) is 12.3. The number of nitrogens with zero attached hydrogens (tertiary/aromatic N) is 2. The monoisotopic (exact) mass is 350 g/mol. The number of hydrogen-bond acceptors (Lipinski definition) is 5. The van der Waals surface area contributed by atoms with Gasteiger partial charge in [-0.25, -0.2) is 4.98 Å². The van der Waals surface area contributed by atoms with Crippen LogP contribution in [0.1, 0.15) is 17.7 Å². The first kappa shape index (κ1) is 15.0. The molecule has 0 amide bonds. The van der Waals surface area contributed by atoms with Gasteiger partial charge in [0.1, 0.15) is 4.83 Å². The molecule has 0 bridgehead atoms. The van der Waals surface area contributed by atoms with Crippen molar-refractivity contribution in [3.05, 3.63) is 47.5 Å². The average Bonchev–Trinajstić information content (AvgIpc) is 3.27. The molecule has 0 atom stereocenters. The van der Waals surface area contributed by atoms with Crippen LogP contribution in [0.15, 0.2) is 47.1 Å². The van der Waals surface area contributed by atoms with E-state index in [2.05, 4.69) is 29.4 Å². The zero-order valence-electron chi connectivity index (χ0n) is 13.8. The number of aromatic nitrogens is 2. The van der Waals surface area contributed by atoms with E-state index in [0.717, 1.165) is 52.6 Å². The van der Waals surface area contributed by atoms with Gasteiger partial charge in [-0.05, 0) is 61.6 Å². The molecule has 1 fully saturated rings. The Balaban J connectivity index is 1.46. The van der Waals surface area contributed by atoms with Crippen LogP contribution in [0.25, 0.3) is 32.4 Å². The highest BCUT2D eigenvalue weighted by Gasteiger charge is 2.16. The Morgan fingerprint density at radius 2 is 1.96 bits per heavy atom. The summed E-state index contributed by atoms with van der Waals surface area (Å²) in [4.78, 5) is 7.44. The van der Waals surface area contributed by atoms with E-state index in [4.69, 9.17) is 14.2 Å². The summed E-state index contributed by atoms with van der Waals surface area (Å²) in [5, 5.41) is 6.09. The summed E-state index contributed by atoms with van der Waals surface area (Å²) in [6.07, 6.45) is 5.23. The molecule has 4 nitrogen and oxygen atoms in total. The van der Waals surface area contributed by atoms with Crippen molar-refractivity contribution in [1.82, 2.24) is 10.1 Å².